The fourth-order valence-electron chi connectivity index (χ4n) is 1.26. The molecule has 0 saturated heterocycles. The predicted octanol–water partition coefficient (Wildman–Crippen LogP) is 1.66. The van der Waals surface area contributed by atoms with Crippen LogP contribution >= 0.6 is 0 Å². The highest BCUT2D eigenvalue weighted by atomic mass is 19.3. The van der Waals surface area contributed by atoms with Crippen molar-refractivity contribution in [1.29, 1.82) is 0 Å². The average molecular weight is 231 g/mol. The van der Waals surface area contributed by atoms with Crippen molar-refractivity contribution >= 4 is 5.97 Å². The van der Waals surface area contributed by atoms with Crippen molar-refractivity contribution in [2.45, 2.75) is 19.3 Å². The summed E-state index contributed by atoms with van der Waals surface area (Å²) in [5, 5.41) is 8.28. The van der Waals surface area contributed by atoms with Crippen LogP contribution in [0.3, 0.4) is 0 Å². The lowest BCUT2D eigenvalue weighted by Crippen LogP contribution is -2.30. The maximum atomic E-state index is 12.9. The molecule has 1 aromatic heterocycles. The minimum Gasteiger partial charge on any atom is -0.481 e. The highest BCUT2D eigenvalue weighted by Gasteiger charge is 2.38. The molecule has 1 aromatic rings. The molecule has 0 aliphatic rings. The lowest BCUT2D eigenvalue weighted by atomic mass is 10.1. The van der Waals surface area contributed by atoms with Crippen LogP contribution in [0.1, 0.15) is 11.1 Å². The van der Waals surface area contributed by atoms with Crippen LogP contribution in [-0.4, -0.2) is 29.1 Å². The Kier molecular flexibility index (Phi) is 3.41. The molecule has 0 amide bonds. The molecule has 6 heteroatoms. The van der Waals surface area contributed by atoms with E-state index in [1.807, 2.05) is 0 Å². The zero-order chi connectivity index (χ0) is 12.3. The number of hydrogen-bond acceptors (Lipinski definition) is 3. The lowest BCUT2D eigenvalue weighted by Gasteiger charge is -2.11. The van der Waals surface area contributed by atoms with E-state index in [4.69, 9.17) is 9.84 Å². The molecule has 4 nitrogen and oxygen atoms in total. The third kappa shape index (κ3) is 2.65. The number of pyridine rings is 1. The van der Waals surface area contributed by atoms with Gasteiger partial charge in [-0.2, -0.15) is 8.78 Å². The molecular weight excluding hydrogens is 220 g/mol. The summed E-state index contributed by atoms with van der Waals surface area (Å²) >= 11 is 0. The summed E-state index contributed by atoms with van der Waals surface area (Å²) in [7, 11) is 1.42. The molecule has 1 N–H and O–H groups in total. The molecule has 0 unspecified atom stereocenters. The standard InChI is InChI=1S/C10H11F2NO3/c1-6-3-7(5-13-8(6)16-2)4-10(11,12)9(14)15/h3,5H,4H2,1-2H3,(H,14,15). The van der Waals surface area contributed by atoms with E-state index in [0.717, 1.165) is 0 Å². The molecule has 0 fully saturated rings. The van der Waals surface area contributed by atoms with Crippen LogP contribution in [0.15, 0.2) is 12.3 Å². The molecule has 1 heterocycles. The molecule has 88 valence electrons. The quantitative estimate of drug-likeness (QED) is 0.856. The normalized spacial score (nSPS) is 11.2. The number of carboxylic acid groups (broad SMARTS) is 1. The van der Waals surface area contributed by atoms with Crippen LogP contribution < -0.4 is 4.74 Å². The smallest absolute Gasteiger partial charge is 0.374 e. The van der Waals surface area contributed by atoms with Crippen LogP contribution in [0, 0.1) is 6.92 Å². The van der Waals surface area contributed by atoms with Gasteiger partial charge in [0.25, 0.3) is 0 Å². The van der Waals surface area contributed by atoms with E-state index in [9.17, 15) is 13.6 Å². The summed E-state index contributed by atoms with van der Waals surface area (Å²) in [6, 6.07) is 1.43. The van der Waals surface area contributed by atoms with Gasteiger partial charge in [-0.3, -0.25) is 0 Å². The zero-order valence-corrected chi connectivity index (χ0v) is 8.83. The summed E-state index contributed by atoms with van der Waals surface area (Å²) < 4.78 is 30.6. The molecule has 0 aromatic carbocycles. The third-order valence-corrected chi connectivity index (χ3v) is 2.02. The number of aliphatic carboxylic acids is 1. The predicted molar refractivity (Wildman–Crippen MR) is 51.8 cm³/mol. The Morgan fingerprint density at radius 2 is 2.25 bits per heavy atom. The molecule has 0 aliphatic heterocycles. The summed E-state index contributed by atoms with van der Waals surface area (Å²) in [6.07, 6.45) is 0.308. The van der Waals surface area contributed by atoms with Crippen molar-refractivity contribution in [3.63, 3.8) is 0 Å². The molecular formula is C10H11F2NO3. The van der Waals surface area contributed by atoms with Gasteiger partial charge in [-0.1, -0.05) is 0 Å². The lowest BCUT2D eigenvalue weighted by molar-refractivity contribution is -0.164. The van der Waals surface area contributed by atoms with E-state index in [1.165, 1.54) is 19.4 Å². The topological polar surface area (TPSA) is 59.4 Å². The fourth-order valence-corrected chi connectivity index (χ4v) is 1.26. The molecule has 0 saturated carbocycles. The van der Waals surface area contributed by atoms with Gasteiger partial charge in [0.15, 0.2) is 0 Å². The van der Waals surface area contributed by atoms with Crippen LogP contribution in [0.25, 0.3) is 0 Å². The maximum Gasteiger partial charge on any atom is 0.374 e. The van der Waals surface area contributed by atoms with Crippen LogP contribution in [0.5, 0.6) is 5.88 Å². The monoisotopic (exact) mass is 231 g/mol. The van der Waals surface area contributed by atoms with E-state index in [2.05, 4.69) is 4.98 Å². The Hall–Kier alpha value is -1.72. The number of carboxylic acids is 1. The number of carbonyl (C=O) groups is 1. The zero-order valence-electron chi connectivity index (χ0n) is 8.83. The Morgan fingerprint density at radius 3 is 2.69 bits per heavy atom. The highest BCUT2D eigenvalue weighted by molar-refractivity contribution is 5.75. The van der Waals surface area contributed by atoms with Gasteiger partial charge in [0.05, 0.1) is 7.11 Å². The minimum absolute atomic E-state index is 0.158. The molecule has 16 heavy (non-hydrogen) atoms. The first kappa shape index (κ1) is 12.4. The number of rotatable bonds is 4. The van der Waals surface area contributed by atoms with Gasteiger partial charge in [-0.25, -0.2) is 9.78 Å². The second-order valence-electron chi connectivity index (χ2n) is 3.36. The van der Waals surface area contributed by atoms with Gasteiger partial charge >= 0.3 is 11.9 Å². The van der Waals surface area contributed by atoms with E-state index in [-0.39, 0.29) is 5.56 Å². The van der Waals surface area contributed by atoms with E-state index in [1.54, 1.807) is 6.92 Å². The number of halogens is 2. The summed E-state index contributed by atoms with van der Waals surface area (Å²) in [5.41, 5.74) is 0.742. The summed E-state index contributed by atoms with van der Waals surface area (Å²) in [4.78, 5) is 14.0. The van der Waals surface area contributed by atoms with Gasteiger partial charge in [0, 0.05) is 18.2 Å². The SMILES string of the molecule is COc1ncc(CC(F)(F)C(=O)O)cc1C. The average Bonchev–Trinajstić information content (AvgIpc) is 2.17. The van der Waals surface area contributed by atoms with Crippen molar-refractivity contribution in [2.75, 3.05) is 7.11 Å². The first-order chi connectivity index (χ1) is 7.36. The number of hydrogen-bond donors (Lipinski definition) is 1. The largest absolute Gasteiger partial charge is 0.481 e. The number of ether oxygens (including phenoxy) is 1. The maximum absolute atomic E-state index is 12.9. The molecule has 0 aliphatic carbocycles. The van der Waals surface area contributed by atoms with Gasteiger partial charge < -0.3 is 9.84 Å². The molecule has 0 bridgehead atoms. The van der Waals surface area contributed by atoms with Crippen LogP contribution in [0.4, 0.5) is 8.78 Å². The number of nitrogens with zero attached hydrogens (tertiary/aromatic N) is 1. The Morgan fingerprint density at radius 1 is 1.62 bits per heavy atom. The minimum atomic E-state index is -3.78. The van der Waals surface area contributed by atoms with Gasteiger partial charge in [-0.05, 0) is 18.6 Å². The molecule has 0 atom stereocenters. The Bertz CT molecular complexity index is 407. The fraction of sp³-hybridized carbons (Fsp3) is 0.400. The van der Waals surface area contributed by atoms with Crippen molar-refractivity contribution in [3.8, 4) is 5.88 Å². The number of alkyl halides is 2. The molecule has 0 radical (unpaired) electrons. The Balaban J connectivity index is 2.91. The molecule has 1 rings (SSSR count). The van der Waals surface area contributed by atoms with Gasteiger partial charge in [-0.15, -0.1) is 0 Å². The summed E-state index contributed by atoms with van der Waals surface area (Å²) in [5.74, 6) is -5.58. The van der Waals surface area contributed by atoms with E-state index >= 15 is 0 Å². The van der Waals surface area contributed by atoms with Crippen molar-refractivity contribution in [2.24, 2.45) is 0 Å². The van der Waals surface area contributed by atoms with E-state index in [0.29, 0.717) is 11.4 Å². The van der Waals surface area contributed by atoms with Crippen LogP contribution in [-0.2, 0) is 11.2 Å². The third-order valence-electron chi connectivity index (χ3n) is 2.02. The van der Waals surface area contributed by atoms with Crippen molar-refractivity contribution < 1.29 is 23.4 Å². The number of aromatic nitrogens is 1. The second-order valence-corrected chi connectivity index (χ2v) is 3.36. The van der Waals surface area contributed by atoms with Gasteiger partial charge in [0.1, 0.15) is 0 Å². The second kappa shape index (κ2) is 4.42. The number of methoxy groups -OCH3 is 1. The molecule has 0 spiro atoms. The van der Waals surface area contributed by atoms with Crippen LogP contribution in [0.2, 0.25) is 0 Å². The van der Waals surface area contributed by atoms with Gasteiger partial charge in [0.2, 0.25) is 5.88 Å². The Labute approximate surface area is 90.9 Å². The van der Waals surface area contributed by atoms with E-state index < -0.39 is 18.3 Å². The highest BCUT2D eigenvalue weighted by Crippen LogP contribution is 2.22. The first-order valence-electron chi connectivity index (χ1n) is 4.47. The first-order valence-corrected chi connectivity index (χ1v) is 4.47. The number of aryl methyl sites for hydroxylation is 1. The van der Waals surface area contributed by atoms with Crippen molar-refractivity contribution in [3.05, 3.63) is 23.4 Å². The van der Waals surface area contributed by atoms with Crippen molar-refractivity contribution in [1.82, 2.24) is 4.98 Å². The summed E-state index contributed by atoms with van der Waals surface area (Å²) in [6.45, 7) is 1.65.